The predicted octanol–water partition coefficient (Wildman–Crippen LogP) is 8.35. The molecule has 0 atom stereocenters. The maximum atomic E-state index is 9.76. The number of phenolic OH excluding ortho intramolecular Hbond substituents is 3. The maximum Gasteiger partial charge on any atom is 0 e. The number of nitrogens with zero attached hydrogens (tertiary/aromatic N) is 3. The topological polar surface area (TPSA) is 351 Å². The second kappa shape index (κ2) is 66.4. The van der Waals surface area contributed by atoms with E-state index in [1.54, 1.807) is 53.9 Å². The number of para-hydroxylation sites is 6. The summed E-state index contributed by atoms with van der Waals surface area (Å²) >= 11 is 1.59. The molecule has 3 radical (unpaired) electrons. The second-order valence-electron chi connectivity index (χ2n) is 9.36. The van der Waals surface area contributed by atoms with Gasteiger partial charge in [-0.2, -0.15) is 0 Å². The van der Waals surface area contributed by atoms with Gasteiger partial charge in [-0.15, -0.1) is 11.3 Å². The number of aromatic hydroxyl groups is 3. The van der Waals surface area contributed by atoms with Crippen molar-refractivity contribution < 1.29 is 137 Å². The van der Waals surface area contributed by atoms with E-state index in [1.807, 2.05) is 91.0 Å². The molecule has 0 spiro atoms. The van der Waals surface area contributed by atoms with Gasteiger partial charge in [0.05, 0.1) is 21.3 Å². The van der Waals surface area contributed by atoms with E-state index in [0.29, 0.717) is 17.0 Å². The van der Waals surface area contributed by atoms with Crippen molar-refractivity contribution in [1.29, 1.82) is 0 Å². The van der Waals surface area contributed by atoms with Gasteiger partial charge in [-0.3, -0.25) is 4.98 Å². The van der Waals surface area contributed by atoms with E-state index < -0.39 is 0 Å². The third-order valence-corrected chi connectivity index (χ3v) is 7.54. The summed E-state index contributed by atoms with van der Waals surface area (Å²) in [6, 6.07) is 38.9. The molecule has 5 aromatic carbocycles. The normalized spacial score (nSPS) is 6.86. The van der Waals surface area contributed by atoms with Crippen LogP contribution in [0.2, 0.25) is 0 Å². The van der Waals surface area contributed by atoms with Crippen LogP contribution < -0.4 is 0 Å². The first-order chi connectivity index (χ1) is 33.1. The molecule has 0 amide bonds. The Bertz CT molecular complexity index is 2470. The van der Waals surface area contributed by atoms with Gasteiger partial charge >= 0.3 is 136 Å². The number of oxazole rings is 1. The van der Waals surface area contributed by atoms with Crippen LogP contribution >= 0.6 is 11.3 Å². The van der Waals surface area contributed by atoms with E-state index >= 15 is 0 Å². The van der Waals surface area contributed by atoms with E-state index in [-0.39, 0.29) is 78.5 Å². The summed E-state index contributed by atoms with van der Waals surface area (Å²) in [5, 5.41) is 30.6. The van der Waals surface area contributed by atoms with Gasteiger partial charge in [-0.1, -0.05) is 66.7 Å². The molecule has 0 aliphatic carbocycles. The Balaban J connectivity index is -0.0000000785. The van der Waals surface area contributed by atoms with Crippen LogP contribution in [0, 0.1) is 79.8 Å². The monoisotopic (exact) mass is 1480 g/mol. The van der Waals surface area contributed by atoms with Gasteiger partial charge < -0.3 is 19.7 Å². The van der Waals surface area contributed by atoms with Crippen LogP contribution in [0.3, 0.4) is 0 Å². The summed E-state index contributed by atoms with van der Waals surface area (Å²) in [5.74, 6) is 1.14. The van der Waals surface area contributed by atoms with Gasteiger partial charge in [0.1, 0.15) is 33.3 Å². The van der Waals surface area contributed by atoms with Crippen molar-refractivity contribution in [3.63, 3.8) is 0 Å². The van der Waals surface area contributed by atoms with Crippen molar-refractivity contribution in [3.05, 3.63) is 213 Å². The van der Waals surface area contributed by atoms with Crippen molar-refractivity contribution in [2.24, 2.45) is 0 Å². The molecule has 3 heterocycles. The summed E-state index contributed by atoms with van der Waals surface area (Å²) in [6.45, 7) is 54.0. The smallest absolute Gasteiger partial charge is 0 e. The molecule has 0 fully saturated rings. The number of thiazole rings is 1. The largest absolute Gasteiger partial charge is 0 e. The molecule has 0 saturated heterocycles. The Morgan fingerprint density at radius 3 is 1.21 bits per heavy atom. The molecule has 0 aliphatic rings. The zero-order valence-electron chi connectivity index (χ0n) is 34.7. The van der Waals surface area contributed by atoms with E-state index in [4.69, 9.17) is 60.2 Å². The number of hydrogen-bond acceptors (Lipinski definition) is 8. The van der Waals surface area contributed by atoms with Crippen molar-refractivity contribution in [1.82, 2.24) is 15.0 Å². The summed E-state index contributed by atoms with van der Waals surface area (Å²) in [5.41, 5.74) is 4.56. The molecule has 3 aromatic heterocycles. The third kappa shape index (κ3) is 32.8. The average Bonchev–Trinajstić information content (AvgIpc) is 4.09. The van der Waals surface area contributed by atoms with Gasteiger partial charge in [0.15, 0.2) is 5.58 Å². The average molecular weight is 1480 g/mol. The van der Waals surface area contributed by atoms with Crippen LogP contribution in [0.15, 0.2) is 138 Å². The molecular formula is C47H25N3O16Re3S. The van der Waals surface area contributed by atoms with Gasteiger partial charge in [0.25, 0.3) is 0 Å². The number of rotatable bonds is 2. The summed E-state index contributed by atoms with van der Waals surface area (Å²) in [7, 11) is 0. The second-order valence-corrected chi connectivity index (χ2v) is 10.4. The Kier molecular flexibility index (Phi) is 81.9. The van der Waals surface area contributed by atoms with Crippen molar-refractivity contribution in [3.8, 4) is 39.3 Å². The number of phenols is 3. The van der Waals surface area contributed by atoms with Crippen LogP contribution in [-0.2, 0) is 117 Å². The van der Waals surface area contributed by atoms with E-state index in [9.17, 15) is 15.3 Å². The molecule has 70 heavy (non-hydrogen) atoms. The zero-order valence-corrected chi connectivity index (χ0v) is 43.7. The first-order valence-electron chi connectivity index (χ1n) is 15.8. The Morgan fingerprint density at radius 1 is 0.386 bits per heavy atom. The molecule has 0 saturated carbocycles. The van der Waals surface area contributed by atoms with Crippen molar-refractivity contribution in [2.45, 2.75) is 0 Å². The molecule has 23 heteroatoms. The fourth-order valence-corrected chi connectivity index (χ4v) is 5.37. The number of benzene rings is 5. The molecule has 0 aliphatic heterocycles. The minimum atomic E-state index is 0. The van der Waals surface area contributed by atoms with Crippen LogP contribution in [0.25, 0.3) is 54.2 Å². The molecule has 351 valence electrons. The minimum Gasteiger partial charge on any atom is 0 e. The zero-order chi connectivity index (χ0) is 53.6. The Labute approximate surface area is 445 Å². The molecule has 0 bridgehead atoms. The summed E-state index contributed by atoms with van der Waals surface area (Å²) in [6.07, 6.45) is 1.67. The first kappa shape index (κ1) is 86.3. The Morgan fingerprint density at radius 2 is 0.771 bits per heavy atom. The predicted molar refractivity (Wildman–Crippen MR) is 218 cm³/mol. The SMILES string of the molecule is Oc1cccc2cccnc12.Oc1ccccc1-c1nc2ccccc2o1.Oc1ccccc1-c1nc2ccccc2s1.[C-]#[O+].[C-]#[O+].[C-]#[O+].[C-]#[O+].[C-]#[O+].[C-]#[O+].[C-]#[O+].[C-]#[O+].[C-]#[O+].[C-]#[O+].[C-]#[O+].[C-]#[O+].[Re].[Re].[Re]. The van der Waals surface area contributed by atoms with Crippen LogP contribution in [0.5, 0.6) is 17.2 Å². The van der Waals surface area contributed by atoms with Gasteiger partial charge in [0.2, 0.25) is 5.89 Å². The third-order valence-electron chi connectivity index (χ3n) is 6.47. The van der Waals surface area contributed by atoms with Crippen LogP contribution in [0.1, 0.15) is 0 Å². The first-order valence-corrected chi connectivity index (χ1v) is 16.6. The standard InChI is InChI=1S/C13H9NO2.C13H9NOS.C9H7NO.12CO.3Re/c2*15-11-7-3-1-5-9(11)13-14-10-6-2-4-8-12(10)16-13;11-8-5-1-3-7-4-2-6-10-9(7)8;12*1-2;;;/h2*1-8,15H;1-6,11H;;;;;;;;;;;;;;;. The van der Waals surface area contributed by atoms with Gasteiger partial charge in [0, 0.05) is 72.9 Å². The molecule has 8 rings (SSSR count). The quantitative estimate of drug-likeness (QED) is 0.112. The van der Waals surface area contributed by atoms with Gasteiger partial charge in [-0.25, -0.2) is 9.97 Å². The van der Waals surface area contributed by atoms with Crippen molar-refractivity contribution in [2.75, 3.05) is 0 Å². The summed E-state index contributed by atoms with van der Waals surface area (Å²) < 4.78 is 96.7. The molecule has 8 aromatic rings. The molecular weight excluding hydrogens is 1450 g/mol. The van der Waals surface area contributed by atoms with E-state index in [2.05, 4.69) is 94.8 Å². The minimum absolute atomic E-state index is 0. The molecule has 19 nitrogen and oxygen atoms in total. The van der Waals surface area contributed by atoms with Crippen LogP contribution in [0.4, 0.5) is 0 Å². The van der Waals surface area contributed by atoms with Crippen LogP contribution in [-0.4, -0.2) is 30.3 Å². The number of hydrogen-bond donors (Lipinski definition) is 3. The maximum absolute atomic E-state index is 9.76. The summed E-state index contributed by atoms with van der Waals surface area (Å²) in [4.78, 5) is 12.9. The number of fused-ring (bicyclic) bond motifs is 3. The number of aromatic nitrogens is 3. The van der Waals surface area contributed by atoms with E-state index in [1.165, 1.54) is 0 Å². The van der Waals surface area contributed by atoms with Crippen molar-refractivity contribution >= 4 is 43.6 Å². The fourth-order valence-electron chi connectivity index (χ4n) is 4.37. The Hall–Kier alpha value is -6.86. The van der Waals surface area contributed by atoms with E-state index in [0.717, 1.165) is 37.3 Å². The van der Waals surface area contributed by atoms with Gasteiger partial charge in [-0.05, 0) is 60.7 Å². The fraction of sp³-hybridized carbons (Fsp3) is 0. The molecule has 3 N–H and O–H groups in total. The molecule has 0 unspecified atom stereocenters. The number of pyridine rings is 1.